The number of primary amides is 1. The van der Waals surface area contributed by atoms with Gasteiger partial charge in [0.2, 0.25) is 0 Å². The van der Waals surface area contributed by atoms with Gasteiger partial charge in [-0.25, -0.2) is 14.4 Å². The number of rotatable bonds is 12. The minimum Gasteiger partial charge on any atom is -0.482 e. The van der Waals surface area contributed by atoms with E-state index in [4.69, 9.17) is 24.7 Å². The second-order valence-electron chi connectivity index (χ2n) is 9.20. The molecule has 0 aromatic heterocycles. The average molecular weight is 532 g/mol. The number of carbonyl (C=O) groups excluding carboxylic acids is 3. The monoisotopic (exact) mass is 531 g/mol. The molecule has 0 radical (unpaired) electrons. The molecular formula is C29H41NO8. The lowest BCUT2D eigenvalue weighted by Crippen LogP contribution is -2.27. The summed E-state index contributed by atoms with van der Waals surface area (Å²) in [4.78, 5) is 32.9. The lowest BCUT2D eigenvalue weighted by Gasteiger charge is -2.18. The number of benzene rings is 2. The van der Waals surface area contributed by atoms with E-state index in [0.29, 0.717) is 24.7 Å². The summed E-state index contributed by atoms with van der Waals surface area (Å²) in [7, 11) is 0. The Morgan fingerprint density at radius 2 is 1.13 bits per heavy atom. The average Bonchev–Trinajstić information content (AvgIpc) is 2.85. The molecule has 210 valence electrons. The van der Waals surface area contributed by atoms with Crippen LogP contribution >= 0.6 is 0 Å². The molecule has 2 rings (SSSR count). The van der Waals surface area contributed by atoms with Gasteiger partial charge in [-0.1, -0.05) is 37.6 Å². The zero-order valence-electron chi connectivity index (χ0n) is 23.3. The Balaban J connectivity index is 0.000000781. The molecule has 38 heavy (non-hydrogen) atoms. The summed E-state index contributed by atoms with van der Waals surface area (Å²) in [5, 5.41) is 0. The molecule has 0 aliphatic heterocycles. The van der Waals surface area contributed by atoms with Crippen LogP contribution in [0.25, 0.3) is 0 Å². The van der Waals surface area contributed by atoms with Crippen LogP contribution in [0.15, 0.2) is 48.5 Å². The highest BCUT2D eigenvalue weighted by atomic mass is 16.6. The summed E-state index contributed by atoms with van der Waals surface area (Å²) in [6.07, 6.45) is 1.30. The normalized spacial score (nSPS) is 10.6. The fourth-order valence-corrected chi connectivity index (χ4v) is 3.40. The Morgan fingerprint density at radius 3 is 1.39 bits per heavy atom. The van der Waals surface area contributed by atoms with E-state index in [0.717, 1.165) is 12.8 Å². The van der Waals surface area contributed by atoms with Gasteiger partial charge in [0.15, 0.2) is 13.2 Å². The van der Waals surface area contributed by atoms with E-state index in [1.807, 2.05) is 48.5 Å². The maximum atomic E-state index is 11.4. The van der Waals surface area contributed by atoms with Crippen molar-refractivity contribution in [3.05, 3.63) is 59.7 Å². The Kier molecular flexibility index (Phi) is 14.3. The second-order valence-corrected chi connectivity index (χ2v) is 9.20. The van der Waals surface area contributed by atoms with E-state index in [1.54, 1.807) is 34.6 Å². The maximum Gasteiger partial charge on any atom is 0.405 e. The van der Waals surface area contributed by atoms with Gasteiger partial charge < -0.3 is 29.4 Å². The van der Waals surface area contributed by atoms with Crippen molar-refractivity contribution in [1.82, 2.24) is 0 Å². The van der Waals surface area contributed by atoms with Crippen molar-refractivity contribution in [2.24, 2.45) is 5.73 Å². The van der Waals surface area contributed by atoms with E-state index < -0.39 is 11.7 Å². The first-order valence-corrected chi connectivity index (χ1v) is 12.7. The van der Waals surface area contributed by atoms with Crippen LogP contribution in [0.4, 0.5) is 4.79 Å². The summed E-state index contributed by atoms with van der Waals surface area (Å²) < 4.78 is 25.3. The van der Waals surface area contributed by atoms with E-state index in [-0.39, 0.29) is 31.1 Å². The smallest absolute Gasteiger partial charge is 0.405 e. The third-order valence-electron chi connectivity index (χ3n) is 4.87. The molecule has 2 aromatic rings. The number of esters is 2. The summed E-state index contributed by atoms with van der Waals surface area (Å²) in [5.74, 6) is 0.731. The molecule has 0 saturated carbocycles. The molecule has 0 fully saturated rings. The molecule has 0 atom stereocenters. The Hall–Kier alpha value is -3.75. The van der Waals surface area contributed by atoms with E-state index in [9.17, 15) is 14.4 Å². The van der Waals surface area contributed by atoms with Crippen LogP contribution < -0.4 is 15.2 Å². The highest BCUT2D eigenvalue weighted by Crippen LogP contribution is 2.31. The third-order valence-corrected chi connectivity index (χ3v) is 4.87. The lowest BCUT2D eigenvalue weighted by molar-refractivity contribution is -0.146. The van der Waals surface area contributed by atoms with Gasteiger partial charge in [0.1, 0.15) is 17.1 Å². The predicted octanol–water partition coefficient (Wildman–Crippen LogP) is 5.38. The van der Waals surface area contributed by atoms with Crippen LogP contribution in [0.1, 0.15) is 71.4 Å². The molecule has 0 saturated heterocycles. The van der Waals surface area contributed by atoms with Crippen LogP contribution in [-0.4, -0.2) is 50.1 Å². The quantitative estimate of drug-likeness (QED) is 0.286. The molecule has 2 aromatic carbocycles. The van der Waals surface area contributed by atoms with E-state index >= 15 is 0 Å². The highest BCUT2D eigenvalue weighted by Gasteiger charge is 2.15. The zero-order valence-corrected chi connectivity index (χ0v) is 23.3. The number of amides is 1. The number of carbonyl (C=O) groups is 3. The molecule has 0 aliphatic rings. The summed E-state index contributed by atoms with van der Waals surface area (Å²) in [6, 6.07) is 15.6. The first-order chi connectivity index (χ1) is 18.0. The van der Waals surface area contributed by atoms with Gasteiger partial charge in [-0.05, 0) is 76.4 Å². The third kappa shape index (κ3) is 13.5. The zero-order chi connectivity index (χ0) is 28.6. The van der Waals surface area contributed by atoms with Gasteiger partial charge in [0, 0.05) is 5.92 Å². The first kappa shape index (κ1) is 32.3. The minimum atomic E-state index is -0.725. The molecule has 2 N–H and O–H groups in total. The Bertz CT molecular complexity index is 916. The largest absolute Gasteiger partial charge is 0.482 e. The summed E-state index contributed by atoms with van der Waals surface area (Å²) in [5.41, 5.74) is 6.60. The van der Waals surface area contributed by atoms with Crippen LogP contribution in [0.3, 0.4) is 0 Å². The van der Waals surface area contributed by atoms with E-state index in [2.05, 4.69) is 11.7 Å². The SMILES string of the molecule is CC(C)(C)OC(N)=O.CCCC(c1ccc(OCC(=O)OCC)cc1)c1ccc(OCC(=O)OCC)cc1. The minimum absolute atomic E-state index is 0.0984. The molecule has 9 heteroatoms. The molecule has 1 amide bonds. The van der Waals surface area contributed by atoms with Gasteiger partial charge in [0.25, 0.3) is 0 Å². The maximum absolute atomic E-state index is 11.4. The topological polar surface area (TPSA) is 123 Å². The van der Waals surface area contributed by atoms with Gasteiger partial charge in [-0.2, -0.15) is 0 Å². The summed E-state index contributed by atoms with van der Waals surface area (Å²) in [6.45, 7) is 11.4. The number of hydrogen-bond acceptors (Lipinski definition) is 8. The van der Waals surface area contributed by atoms with Crippen molar-refractivity contribution in [2.45, 2.75) is 65.9 Å². The fourth-order valence-electron chi connectivity index (χ4n) is 3.40. The number of ether oxygens (including phenoxy) is 5. The molecule has 0 bridgehead atoms. The van der Waals surface area contributed by atoms with Crippen molar-refractivity contribution in [2.75, 3.05) is 26.4 Å². The van der Waals surface area contributed by atoms with Crippen molar-refractivity contribution < 1.29 is 38.1 Å². The van der Waals surface area contributed by atoms with Crippen molar-refractivity contribution in [1.29, 1.82) is 0 Å². The van der Waals surface area contributed by atoms with Gasteiger partial charge in [-0.3, -0.25) is 0 Å². The standard InChI is InChI=1S/C24H30O6.C5H11NO2/c1-4-7-22(18-8-12-20(13-9-18)29-16-23(25)27-5-2)19-10-14-21(15-11-19)30-17-24(26)28-6-3;1-5(2,3)8-4(6)7/h8-15,22H,4-7,16-17H2,1-3H3;1-3H3,(H2,6,7). The van der Waals surface area contributed by atoms with Crippen LogP contribution in [0.2, 0.25) is 0 Å². The Morgan fingerprint density at radius 1 is 0.737 bits per heavy atom. The number of hydrogen-bond donors (Lipinski definition) is 1. The highest BCUT2D eigenvalue weighted by molar-refractivity contribution is 5.71. The molecule has 9 nitrogen and oxygen atoms in total. The van der Waals surface area contributed by atoms with Gasteiger partial charge in [-0.15, -0.1) is 0 Å². The van der Waals surface area contributed by atoms with Gasteiger partial charge in [0.05, 0.1) is 13.2 Å². The summed E-state index contributed by atoms with van der Waals surface area (Å²) >= 11 is 0. The molecule has 0 heterocycles. The number of nitrogens with two attached hydrogens (primary N) is 1. The second kappa shape index (κ2) is 16.9. The molecule has 0 unspecified atom stereocenters. The fraction of sp³-hybridized carbons (Fsp3) is 0.483. The molecular weight excluding hydrogens is 490 g/mol. The predicted molar refractivity (Wildman–Crippen MR) is 144 cm³/mol. The molecule has 0 aliphatic carbocycles. The lowest BCUT2D eigenvalue weighted by atomic mass is 9.87. The van der Waals surface area contributed by atoms with Crippen molar-refractivity contribution >= 4 is 18.0 Å². The van der Waals surface area contributed by atoms with Gasteiger partial charge >= 0.3 is 18.0 Å². The van der Waals surface area contributed by atoms with Crippen LogP contribution in [0, 0.1) is 0 Å². The first-order valence-electron chi connectivity index (χ1n) is 12.7. The molecule has 0 spiro atoms. The van der Waals surface area contributed by atoms with Crippen LogP contribution in [-0.2, 0) is 23.8 Å². The van der Waals surface area contributed by atoms with E-state index in [1.165, 1.54) is 11.1 Å². The Labute approximate surface area is 225 Å². The van der Waals surface area contributed by atoms with Crippen LogP contribution in [0.5, 0.6) is 11.5 Å². The van der Waals surface area contributed by atoms with Crippen molar-refractivity contribution in [3.8, 4) is 11.5 Å². The van der Waals surface area contributed by atoms with Crippen molar-refractivity contribution in [3.63, 3.8) is 0 Å².